The molecule has 1 aromatic carbocycles. The van der Waals surface area contributed by atoms with Crippen LogP contribution in [0.5, 0.6) is 0 Å². The van der Waals surface area contributed by atoms with Crippen LogP contribution in [0.3, 0.4) is 0 Å². The van der Waals surface area contributed by atoms with Crippen molar-refractivity contribution in [3.05, 3.63) is 33.2 Å². The monoisotopic (exact) mass is 439 g/mol. The molecule has 0 aliphatic rings. The maximum absolute atomic E-state index is 5.90. The molecule has 4 nitrogen and oxygen atoms in total. The molecule has 3 rings (SSSR count). The van der Waals surface area contributed by atoms with E-state index in [4.69, 9.17) is 8.83 Å². The number of fused-ring (bicyclic) bond motifs is 1. The Labute approximate surface area is 153 Å². The maximum atomic E-state index is 5.90. The van der Waals surface area contributed by atoms with Gasteiger partial charge in [0.2, 0.25) is 0 Å². The molecule has 0 radical (unpaired) electrons. The molecule has 2 heterocycles. The molecule has 0 fully saturated rings. The van der Waals surface area contributed by atoms with Crippen molar-refractivity contribution >= 4 is 11.4 Å². The summed E-state index contributed by atoms with van der Waals surface area (Å²) in [6, 6.07) is 6.55. The van der Waals surface area contributed by atoms with Gasteiger partial charge in [0.15, 0.2) is 0 Å². The second-order valence-corrected chi connectivity index (χ2v) is 10.0. The van der Waals surface area contributed by atoms with Crippen molar-refractivity contribution < 1.29 is 30.0 Å². The number of hydrogen-bond donors (Lipinski definition) is 0. The predicted molar refractivity (Wildman–Crippen MR) is 91.5 cm³/mol. The van der Waals surface area contributed by atoms with Gasteiger partial charge in [-0.05, 0) is 0 Å². The van der Waals surface area contributed by atoms with E-state index in [1.807, 2.05) is 0 Å². The first-order valence-corrected chi connectivity index (χ1v) is 11.3. The number of alkyl halides is 1. The fourth-order valence-corrected chi connectivity index (χ4v) is 3.52. The average molecular weight is 439 g/mol. The van der Waals surface area contributed by atoms with Gasteiger partial charge in [0.25, 0.3) is 0 Å². The molecule has 0 bridgehead atoms. The average Bonchev–Trinajstić information content (AvgIpc) is 3.02. The minimum absolute atomic E-state index is 0.0142. The number of aromatic nitrogens is 2. The van der Waals surface area contributed by atoms with E-state index < -0.39 is 0 Å². The Morgan fingerprint density at radius 2 is 1.54 bits per heavy atom. The fraction of sp³-hybridized carbons (Fsp3) is 0.474. The zero-order valence-corrected chi connectivity index (χ0v) is 17.5. The van der Waals surface area contributed by atoms with Crippen LogP contribution in [0.1, 0.15) is 52.7 Å². The molecule has 0 atom stereocenters. The third-order valence-electron chi connectivity index (χ3n) is 4.04. The molecule has 2 aromatic heterocycles. The topological polar surface area (TPSA) is 52.1 Å². The summed E-state index contributed by atoms with van der Waals surface area (Å²) < 4.78 is 12.3. The van der Waals surface area contributed by atoms with E-state index >= 15 is 0 Å². The summed E-state index contributed by atoms with van der Waals surface area (Å²) in [7, 11) is 0. The van der Waals surface area contributed by atoms with Crippen molar-refractivity contribution in [3.8, 4) is 11.5 Å². The Bertz CT molecular complexity index is 848. The van der Waals surface area contributed by atoms with Crippen molar-refractivity contribution in [2.45, 2.75) is 52.4 Å². The second kappa shape index (κ2) is 5.86. The molecule has 0 unspecified atom stereocenters. The zero-order valence-electron chi connectivity index (χ0n) is 15.3. The third kappa shape index (κ3) is 3.23. The van der Waals surface area contributed by atoms with E-state index in [0.717, 1.165) is 9.46 Å². The molecule has 0 spiro atoms. The summed E-state index contributed by atoms with van der Waals surface area (Å²) in [4.78, 5) is 11.0. The molecule has 3 aromatic rings. The van der Waals surface area contributed by atoms with Crippen LogP contribution in [-0.4, -0.2) is 14.9 Å². The van der Waals surface area contributed by atoms with Crippen LogP contribution >= 0.6 is 0 Å². The summed E-state index contributed by atoms with van der Waals surface area (Å²) in [6.07, 6.45) is 0. The fourth-order valence-electron chi connectivity index (χ4n) is 2.63. The van der Waals surface area contributed by atoms with E-state index in [9.17, 15) is 0 Å². The summed E-state index contributed by atoms with van der Waals surface area (Å²) in [6.45, 7) is 13.3. The Morgan fingerprint density at radius 1 is 0.875 bits per heavy atom. The molecular weight excluding hydrogens is 415 g/mol. The van der Waals surface area contributed by atoms with Crippen LogP contribution < -0.4 is 21.2 Å². The summed E-state index contributed by atoms with van der Waals surface area (Å²) in [5.41, 5.74) is 4.63. The third-order valence-corrected chi connectivity index (χ3v) is 5.42. The molecule has 0 saturated carbocycles. The van der Waals surface area contributed by atoms with Crippen molar-refractivity contribution in [2.75, 3.05) is 4.93 Å². The van der Waals surface area contributed by atoms with Gasteiger partial charge in [-0.15, -0.1) is 0 Å². The van der Waals surface area contributed by atoms with E-state index in [2.05, 4.69) is 74.6 Å². The predicted octanol–water partition coefficient (Wildman–Crippen LogP) is 1.97. The molecule has 0 aliphatic heterocycles. The zero-order chi connectivity index (χ0) is 17.7. The van der Waals surface area contributed by atoms with Gasteiger partial charge in [0, 0.05) is 0 Å². The molecule has 130 valence electrons. The first-order chi connectivity index (χ1) is 11.1. The van der Waals surface area contributed by atoms with Crippen LogP contribution in [0.4, 0.5) is 0 Å². The van der Waals surface area contributed by atoms with Gasteiger partial charge < -0.3 is 0 Å². The number of nitrogens with zero attached hydrogens (tertiary/aromatic N) is 2. The number of halogens is 1. The van der Waals surface area contributed by atoms with Crippen LogP contribution in [0.25, 0.3) is 22.9 Å². The Balaban J connectivity index is 2.16. The first kappa shape index (κ1) is 17.5. The normalized spacial score (nSPS) is 13.1. The Morgan fingerprint density at radius 3 is 2.08 bits per heavy atom. The SMILES string of the molecule is C[I-]c1nc2oc(-c3ccc(C(C)(C)C)cc3C(C)(C)C)nc2o1. The van der Waals surface area contributed by atoms with Crippen molar-refractivity contribution in [3.63, 3.8) is 0 Å². The molecule has 0 saturated heterocycles. The summed E-state index contributed by atoms with van der Waals surface area (Å²) in [5.74, 6) is 0.586. The summed E-state index contributed by atoms with van der Waals surface area (Å²) >= 11 is -0.199. The number of hydrogen-bond acceptors (Lipinski definition) is 4. The Hall–Kier alpha value is -1.37. The molecular formula is C19H24IN2O2-. The van der Waals surface area contributed by atoms with Crippen LogP contribution in [0.2, 0.25) is 0 Å². The van der Waals surface area contributed by atoms with E-state index in [1.165, 1.54) is 11.1 Å². The number of oxazole rings is 2. The van der Waals surface area contributed by atoms with Gasteiger partial charge in [-0.3, -0.25) is 0 Å². The Kier molecular flexibility index (Phi) is 4.26. The van der Waals surface area contributed by atoms with Gasteiger partial charge >= 0.3 is 153 Å². The van der Waals surface area contributed by atoms with Crippen LogP contribution in [-0.2, 0) is 10.8 Å². The summed E-state index contributed by atoms with van der Waals surface area (Å²) in [5, 5.41) is 0. The second-order valence-electron chi connectivity index (χ2n) is 8.05. The minimum atomic E-state index is -0.199. The van der Waals surface area contributed by atoms with Gasteiger partial charge in [-0.1, -0.05) is 0 Å². The quantitative estimate of drug-likeness (QED) is 0.453. The van der Waals surface area contributed by atoms with Gasteiger partial charge in [-0.2, -0.15) is 0 Å². The first-order valence-electron chi connectivity index (χ1n) is 8.02. The molecule has 5 heteroatoms. The van der Waals surface area contributed by atoms with Crippen molar-refractivity contribution in [1.82, 2.24) is 9.97 Å². The van der Waals surface area contributed by atoms with Crippen LogP contribution in [0, 0.1) is 3.90 Å². The van der Waals surface area contributed by atoms with Gasteiger partial charge in [0.1, 0.15) is 0 Å². The molecule has 0 amide bonds. The van der Waals surface area contributed by atoms with Crippen LogP contribution in [0.15, 0.2) is 27.0 Å². The standard InChI is InChI=1S/C19H24IN2O2/c1-18(2,3)11-8-9-12(13(10-11)19(4,5)6)14-21-15-16(23-14)22-17(20-7)24-15/h8-10H,1-7H3/q-1. The van der Waals surface area contributed by atoms with E-state index in [0.29, 0.717) is 17.3 Å². The van der Waals surface area contributed by atoms with E-state index in [-0.39, 0.29) is 32.0 Å². The number of benzene rings is 1. The van der Waals surface area contributed by atoms with E-state index in [1.54, 1.807) is 0 Å². The number of rotatable bonds is 2. The van der Waals surface area contributed by atoms with Gasteiger partial charge in [0.05, 0.1) is 0 Å². The molecule has 0 aliphatic carbocycles. The molecule has 0 N–H and O–H groups in total. The van der Waals surface area contributed by atoms with Crippen molar-refractivity contribution in [1.29, 1.82) is 0 Å². The van der Waals surface area contributed by atoms with Crippen molar-refractivity contribution in [2.24, 2.45) is 0 Å². The molecule has 24 heavy (non-hydrogen) atoms. The van der Waals surface area contributed by atoms with Gasteiger partial charge in [-0.25, -0.2) is 0 Å².